The summed E-state index contributed by atoms with van der Waals surface area (Å²) in [6.45, 7) is 0. The maximum absolute atomic E-state index is 13.7. The van der Waals surface area contributed by atoms with Crippen LogP contribution in [0.4, 0.5) is 8.78 Å². The molecule has 1 aromatic heterocycles. The van der Waals surface area contributed by atoms with Gasteiger partial charge in [-0.2, -0.15) is 0 Å². The smallest absolute Gasteiger partial charge is 0.171 e. The van der Waals surface area contributed by atoms with Crippen LogP contribution in [0.5, 0.6) is 5.75 Å². The second-order valence-corrected chi connectivity index (χ2v) is 4.36. The fourth-order valence-electron chi connectivity index (χ4n) is 1.82. The quantitative estimate of drug-likeness (QED) is 0.729. The van der Waals surface area contributed by atoms with Crippen LogP contribution in [0.25, 0.3) is 22.2 Å². The van der Waals surface area contributed by atoms with Crippen molar-refractivity contribution in [2.24, 2.45) is 0 Å². The number of phenols is 1. The van der Waals surface area contributed by atoms with E-state index in [1.165, 1.54) is 18.2 Å². The standard InChI is InChI=1S/C13H6ClF2NO2/c14-9-4-8-12(5-11(9)18)19-17-13(8)7-2-1-6(15)3-10(7)16/h1-5,18H. The van der Waals surface area contributed by atoms with Gasteiger partial charge in [0, 0.05) is 17.7 Å². The predicted octanol–water partition coefficient (Wildman–Crippen LogP) is 4.13. The van der Waals surface area contributed by atoms with E-state index in [0.29, 0.717) is 5.39 Å². The fourth-order valence-corrected chi connectivity index (χ4v) is 1.99. The number of fused-ring (bicyclic) bond motifs is 1. The molecule has 0 fully saturated rings. The fraction of sp³-hybridized carbons (Fsp3) is 0. The van der Waals surface area contributed by atoms with E-state index in [9.17, 15) is 13.9 Å². The molecule has 3 nitrogen and oxygen atoms in total. The summed E-state index contributed by atoms with van der Waals surface area (Å²) in [5.74, 6) is -1.58. The van der Waals surface area contributed by atoms with E-state index in [4.69, 9.17) is 16.1 Å². The van der Waals surface area contributed by atoms with Gasteiger partial charge in [0.15, 0.2) is 5.58 Å². The average molecular weight is 282 g/mol. The van der Waals surface area contributed by atoms with Crippen LogP contribution in [-0.2, 0) is 0 Å². The van der Waals surface area contributed by atoms with Crippen molar-refractivity contribution in [2.45, 2.75) is 0 Å². The molecule has 6 heteroatoms. The number of aromatic hydroxyl groups is 1. The Bertz CT molecular complexity index is 786. The number of benzene rings is 2. The molecule has 0 bridgehead atoms. The molecule has 3 aromatic rings. The normalized spacial score (nSPS) is 11.1. The Hall–Kier alpha value is -2.14. The summed E-state index contributed by atoms with van der Waals surface area (Å²) in [6, 6.07) is 5.86. The molecule has 2 aromatic carbocycles. The molecule has 0 aliphatic carbocycles. The molecule has 0 saturated carbocycles. The summed E-state index contributed by atoms with van der Waals surface area (Å²) in [5.41, 5.74) is 0.567. The van der Waals surface area contributed by atoms with Crippen molar-refractivity contribution in [3.8, 4) is 17.0 Å². The van der Waals surface area contributed by atoms with Crippen molar-refractivity contribution in [1.29, 1.82) is 0 Å². The molecule has 0 atom stereocenters. The number of aromatic nitrogens is 1. The van der Waals surface area contributed by atoms with E-state index in [1.807, 2.05) is 0 Å². The van der Waals surface area contributed by atoms with E-state index >= 15 is 0 Å². The highest BCUT2D eigenvalue weighted by molar-refractivity contribution is 6.32. The third-order valence-electron chi connectivity index (χ3n) is 2.73. The third kappa shape index (κ3) is 1.92. The predicted molar refractivity (Wildman–Crippen MR) is 66.0 cm³/mol. The van der Waals surface area contributed by atoms with Crippen LogP contribution in [0.1, 0.15) is 0 Å². The zero-order valence-corrected chi connectivity index (χ0v) is 10.1. The van der Waals surface area contributed by atoms with Crippen LogP contribution >= 0.6 is 11.6 Å². The van der Waals surface area contributed by atoms with Gasteiger partial charge in [-0.15, -0.1) is 0 Å². The maximum Gasteiger partial charge on any atom is 0.171 e. The van der Waals surface area contributed by atoms with Gasteiger partial charge in [0.05, 0.1) is 10.4 Å². The molecule has 0 spiro atoms. The van der Waals surface area contributed by atoms with Crippen LogP contribution in [0.15, 0.2) is 34.9 Å². The topological polar surface area (TPSA) is 46.3 Å². The molecular formula is C13H6ClF2NO2. The van der Waals surface area contributed by atoms with Crippen molar-refractivity contribution < 1.29 is 18.4 Å². The average Bonchev–Trinajstić information content (AvgIpc) is 2.73. The Balaban J connectivity index is 2.28. The lowest BCUT2D eigenvalue weighted by atomic mass is 10.1. The number of phenolic OH excluding ortho intramolecular Hbond substituents is 1. The first-order valence-corrected chi connectivity index (χ1v) is 5.67. The van der Waals surface area contributed by atoms with Gasteiger partial charge >= 0.3 is 0 Å². The third-order valence-corrected chi connectivity index (χ3v) is 3.03. The maximum atomic E-state index is 13.7. The highest BCUT2D eigenvalue weighted by atomic mass is 35.5. The zero-order valence-electron chi connectivity index (χ0n) is 9.32. The van der Waals surface area contributed by atoms with Gasteiger partial charge in [-0.25, -0.2) is 8.78 Å². The number of rotatable bonds is 1. The van der Waals surface area contributed by atoms with Crippen molar-refractivity contribution in [2.75, 3.05) is 0 Å². The lowest BCUT2D eigenvalue weighted by Gasteiger charge is -2.00. The molecule has 19 heavy (non-hydrogen) atoms. The molecule has 1 N–H and O–H groups in total. The van der Waals surface area contributed by atoms with Crippen LogP contribution in [0.3, 0.4) is 0 Å². The van der Waals surface area contributed by atoms with Gasteiger partial charge in [0.25, 0.3) is 0 Å². The summed E-state index contributed by atoms with van der Waals surface area (Å²) in [5, 5.41) is 13.7. The molecule has 3 rings (SSSR count). The van der Waals surface area contributed by atoms with Crippen molar-refractivity contribution in [3.63, 3.8) is 0 Å². The zero-order chi connectivity index (χ0) is 13.6. The van der Waals surface area contributed by atoms with Gasteiger partial charge in [0.2, 0.25) is 0 Å². The minimum atomic E-state index is -0.751. The molecular weight excluding hydrogens is 276 g/mol. The first kappa shape index (κ1) is 11.9. The second kappa shape index (κ2) is 4.20. The minimum absolute atomic E-state index is 0.0967. The molecule has 0 amide bonds. The van der Waals surface area contributed by atoms with Gasteiger partial charge in [-0.1, -0.05) is 16.8 Å². The lowest BCUT2D eigenvalue weighted by molar-refractivity contribution is 0.450. The summed E-state index contributed by atoms with van der Waals surface area (Å²) in [7, 11) is 0. The Morgan fingerprint density at radius 1 is 1.16 bits per heavy atom. The Labute approximate surface area is 111 Å². The first-order valence-electron chi connectivity index (χ1n) is 5.29. The van der Waals surface area contributed by atoms with Crippen molar-refractivity contribution >= 4 is 22.6 Å². The van der Waals surface area contributed by atoms with Crippen LogP contribution in [-0.4, -0.2) is 10.3 Å². The SMILES string of the molecule is Oc1cc2onc(-c3ccc(F)cc3F)c2cc1Cl. The van der Waals surface area contributed by atoms with Crippen LogP contribution in [0, 0.1) is 11.6 Å². The van der Waals surface area contributed by atoms with E-state index in [0.717, 1.165) is 12.1 Å². The molecule has 0 aliphatic rings. The summed E-state index contributed by atoms with van der Waals surface area (Å²) >= 11 is 5.80. The van der Waals surface area contributed by atoms with Crippen LogP contribution in [0.2, 0.25) is 5.02 Å². The molecule has 0 radical (unpaired) electrons. The second-order valence-electron chi connectivity index (χ2n) is 3.96. The van der Waals surface area contributed by atoms with Gasteiger partial charge in [-0.3, -0.25) is 0 Å². The summed E-state index contributed by atoms with van der Waals surface area (Å²) < 4.78 is 31.6. The molecule has 1 heterocycles. The highest BCUT2D eigenvalue weighted by Crippen LogP contribution is 2.35. The molecule has 0 aliphatic heterocycles. The highest BCUT2D eigenvalue weighted by Gasteiger charge is 2.16. The Morgan fingerprint density at radius 3 is 2.68 bits per heavy atom. The van der Waals surface area contributed by atoms with E-state index in [2.05, 4.69) is 5.16 Å². The van der Waals surface area contributed by atoms with Crippen LogP contribution < -0.4 is 0 Å². The Kier molecular flexibility index (Phi) is 2.64. The number of hydrogen-bond donors (Lipinski definition) is 1. The van der Waals surface area contributed by atoms with E-state index < -0.39 is 11.6 Å². The largest absolute Gasteiger partial charge is 0.506 e. The van der Waals surface area contributed by atoms with Gasteiger partial charge < -0.3 is 9.63 Å². The number of hydrogen-bond acceptors (Lipinski definition) is 3. The lowest BCUT2D eigenvalue weighted by Crippen LogP contribution is -1.86. The Morgan fingerprint density at radius 2 is 1.95 bits per heavy atom. The van der Waals surface area contributed by atoms with Gasteiger partial charge in [0.1, 0.15) is 23.1 Å². The monoisotopic (exact) mass is 281 g/mol. The number of halogens is 3. The molecule has 0 unspecified atom stereocenters. The van der Waals surface area contributed by atoms with Crippen molar-refractivity contribution in [1.82, 2.24) is 5.16 Å². The summed E-state index contributed by atoms with van der Waals surface area (Å²) in [6.07, 6.45) is 0. The van der Waals surface area contributed by atoms with Crippen molar-refractivity contribution in [3.05, 3.63) is 47.0 Å². The van der Waals surface area contributed by atoms with E-state index in [-0.39, 0.29) is 27.6 Å². The van der Waals surface area contributed by atoms with E-state index in [1.54, 1.807) is 0 Å². The summed E-state index contributed by atoms with van der Waals surface area (Å²) in [4.78, 5) is 0. The first-order chi connectivity index (χ1) is 9.06. The van der Waals surface area contributed by atoms with Gasteiger partial charge in [-0.05, 0) is 18.2 Å². The molecule has 0 saturated heterocycles. The molecule has 96 valence electrons. The minimum Gasteiger partial charge on any atom is -0.506 e. The number of nitrogens with zero attached hydrogens (tertiary/aromatic N) is 1.